The number of thiazole rings is 1. The summed E-state index contributed by atoms with van der Waals surface area (Å²) < 4.78 is 5.39. The number of amides is 4. The van der Waals surface area contributed by atoms with Gasteiger partial charge in [-0.3, -0.25) is 24.0 Å². The molecule has 2 aliphatic heterocycles. The van der Waals surface area contributed by atoms with Crippen molar-refractivity contribution in [2.75, 3.05) is 19.7 Å². The number of rotatable bonds is 13. The summed E-state index contributed by atoms with van der Waals surface area (Å²) in [5.41, 5.74) is -0.0770. The highest BCUT2D eigenvalue weighted by Gasteiger charge is 2.50. The normalized spacial score (nSPS) is 20.3. The van der Waals surface area contributed by atoms with Gasteiger partial charge in [-0.2, -0.15) is 0 Å². The molecule has 46 heavy (non-hydrogen) atoms. The maximum Gasteiger partial charge on any atom is 0.263 e. The summed E-state index contributed by atoms with van der Waals surface area (Å²) in [7, 11) is 0. The summed E-state index contributed by atoms with van der Waals surface area (Å²) in [6.07, 6.45) is 3.11. The maximum absolute atomic E-state index is 13.9. The van der Waals surface area contributed by atoms with Gasteiger partial charge in [-0.15, -0.1) is 11.3 Å². The Bertz CT molecular complexity index is 1630. The number of nitrogens with zero attached hydrogens (tertiary/aromatic N) is 2. The van der Waals surface area contributed by atoms with Crippen LogP contribution in [0.4, 0.5) is 0 Å². The fraction of sp³-hybridized carbons (Fsp3) is 0.471. The lowest BCUT2D eigenvalue weighted by Gasteiger charge is -2.28. The van der Waals surface area contributed by atoms with Crippen molar-refractivity contribution in [3.8, 4) is 0 Å². The van der Waals surface area contributed by atoms with E-state index in [-0.39, 0.29) is 30.6 Å². The van der Waals surface area contributed by atoms with Crippen LogP contribution < -0.4 is 16.0 Å². The Kier molecular flexibility index (Phi) is 10.2. The molecule has 244 valence electrons. The van der Waals surface area contributed by atoms with Gasteiger partial charge in [-0.1, -0.05) is 56.3 Å². The van der Waals surface area contributed by atoms with Crippen molar-refractivity contribution in [1.29, 1.82) is 0 Å². The van der Waals surface area contributed by atoms with Gasteiger partial charge in [-0.25, -0.2) is 4.98 Å². The van der Waals surface area contributed by atoms with E-state index in [0.717, 1.165) is 21.3 Å². The van der Waals surface area contributed by atoms with E-state index in [2.05, 4.69) is 20.9 Å². The van der Waals surface area contributed by atoms with Crippen molar-refractivity contribution in [2.24, 2.45) is 5.92 Å². The Morgan fingerprint density at radius 2 is 1.80 bits per heavy atom. The van der Waals surface area contributed by atoms with Crippen LogP contribution in [0.5, 0.6) is 0 Å². The first-order valence-corrected chi connectivity index (χ1v) is 16.5. The van der Waals surface area contributed by atoms with E-state index >= 15 is 0 Å². The molecule has 2 aromatic carbocycles. The highest BCUT2D eigenvalue weighted by molar-refractivity contribution is 7.13. The lowest BCUT2D eigenvalue weighted by atomic mass is 9.93. The van der Waals surface area contributed by atoms with Crippen molar-refractivity contribution >= 4 is 51.5 Å². The molecule has 3 heterocycles. The van der Waals surface area contributed by atoms with Crippen LogP contribution in [-0.2, 0) is 30.3 Å². The van der Waals surface area contributed by atoms with Gasteiger partial charge < -0.3 is 25.6 Å². The maximum atomic E-state index is 13.9. The van der Waals surface area contributed by atoms with Crippen LogP contribution in [0.3, 0.4) is 0 Å². The smallest absolute Gasteiger partial charge is 0.263 e. The van der Waals surface area contributed by atoms with E-state index in [1.807, 2.05) is 56.3 Å². The van der Waals surface area contributed by atoms with Gasteiger partial charge in [0.1, 0.15) is 22.6 Å². The highest BCUT2D eigenvalue weighted by atomic mass is 32.1. The number of fused-ring (bicyclic) bond motifs is 1. The van der Waals surface area contributed by atoms with Crippen molar-refractivity contribution in [2.45, 2.75) is 77.1 Å². The second kappa shape index (κ2) is 14.1. The van der Waals surface area contributed by atoms with Gasteiger partial charge in [0.05, 0.1) is 30.4 Å². The molecule has 0 aliphatic carbocycles. The van der Waals surface area contributed by atoms with E-state index < -0.39 is 41.4 Å². The van der Waals surface area contributed by atoms with Gasteiger partial charge >= 0.3 is 0 Å². The van der Waals surface area contributed by atoms with Crippen LogP contribution >= 0.6 is 11.3 Å². The molecular formula is C34H41N5O6S. The number of aromatic nitrogens is 1. The zero-order valence-corrected chi connectivity index (χ0v) is 27.4. The number of ether oxygens (including phenoxy) is 1. The molecule has 0 spiro atoms. The van der Waals surface area contributed by atoms with E-state index in [4.69, 9.17) is 4.74 Å². The first kappa shape index (κ1) is 33.2. The first-order chi connectivity index (χ1) is 21.9. The van der Waals surface area contributed by atoms with Crippen molar-refractivity contribution in [3.63, 3.8) is 0 Å². The number of carbonyl (C=O) groups excluding carboxylic acids is 5. The minimum atomic E-state index is -1.00. The number of ketones is 1. The zero-order valence-electron chi connectivity index (χ0n) is 26.6. The number of hydrogen-bond donors (Lipinski definition) is 3. The molecule has 0 unspecified atom stereocenters. The predicted molar refractivity (Wildman–Crippen MR) is 174 cm³/mol. The third-order valence-electron chi connectivity index (χ3n) is 8.45. The number of carbonyl (C=O) groups is 5. The number of benzene rings is 2. The molecule has 2 saturated heterocycles. The molecule has 2 aliphatic rings. The molecule has 5 rings (SSSR count). The summed E-state index contributed by atoms with van der Waals surface area (Å²) in [4.78, 5) is 72.4. The van der Waals surface area contributed by atoms with E-state index in [9.17, 15) is 24.0 Å². The van der Waals surface area contributed by atoms with E-state index in [0.29, 0.717) is 37.3 Å². The highest BCUT2D eigenvalue weighted by Crippen LogP contribution is 2.30. The van der Waals surface area contributed by atoms with Crippen LogP contribution in [0.2, 0.25) is 0 Å². The Balaban J connectivity index is 1.31. The Morgan fingerprint density at radius 3 is 2.48 bits per heavy atom. The lowest BCUT2D eigenvalue weighted by molar-refractivity contribution is -0.139. The molecule has 0 radical (unpaired) electrons. The number of hydrogen-bond acceptors (Lipinski definition) is 8. The van der Waals surface area contributed by atoms with Crippen LogP contribution in [0.1, 0.15) is 60.3 Å². The standard InChI is InChI=1S/C34H41N5O6S/c1-20(2)14-25(30(41)34(4)19-45-34)37-31(42)26(16-22-11-12-23-8-5-6-9-24(23)15-22)38-32(43)27-10-7-13-39(27)29(40)18-36-33(44)28-17-35-21(3)46-28/h5-6,8-9,11-12,15,17,20,25-27H,7,10,13-14,16,18-19H2,1-4H3,(H,36,44)(H,37,42)(H,38,43)/t25-,26-,27-,34+/m0/s1. The van der Waals surface area contributed by atoms with Crippen molar-refractivity contribution in [3.05, 3.63) is 64.1 Å². The molecule has 1 aromatic heterocycles. The number of Topliss-reactive ketones (excluding diaryl/α,β-unsaturated/α-hetero) is 1. The lowest BCUT2D eigenvalue weighted by Crippen LogP contribution is -2.57. The third kappa shape index (κ3) is 7.97. The van der Waals surface area contributed by atoms with Crippen molar-refractivity contribution in [1.82, 2.24) is 25.8 Å². The summed E-state index contributed by atoms with van der Waals surface area (Å²) in [6, 6.07) is 11.2. The fourth-order valence-electron chi connectivity index (χ4n) is 5.82. The largest absolute Gasteiger partial charge is 0.361 e. The van der Waals surface area contributed by atoms with Crippen LogP contribution in [-0.4, -0.2) is 82.7 Å². The molecule has 2 fully saturated rings. The molecular weight excluding hydrogens is 606 g/mol. The molecule has 0 saturated carbocycles. The SMILES string of the molecule is Cc1ncc(C(=O)NCC(=O)N2CCC[C@H]2C(=O)N[C@@H](Cc2ccc3ccccc3c2)C(=O)N[C@@H](CC(C)C)C(=O)[C@@]2(C)CO2)s1. The molecule has 0 bridgehead atoms. The van der Waals surface area contributed by atoms with Gasteiger partial charge in [0.2, 0.25) is 17.7 Å². The number of nitrogens with one attached hydrogen (secondary N) is 3. The van der Waals surface area contributed by atoms with Gasteiger partial charge in [0.25, 0.3) is 5.91 Å². The summed E-state index contributed by atoms with van der Waals surface area (Å²) in [6.45, 7) is 7.86. The Hall–Kier alpha value is -4.16. The van der Waals surface area contributed by atoms with Gasteiger partial charge in [0.15, 0.2) is 5.78 Å². The number of likely N-dealkylation sites (tertiary alicyclic amines) is 1. The van der Waals surface area contributed by atoms with E-state index in [1.165, 1.54) is 22.4 Å². The van der Waals surface area contributed by atoms with Crippen LogP contribution in [0.15, 0.2) is 48.7 Å². The second-order valence-corrected chi connectivity index (χ2v) is 13.9. The Labute approximate surface area is 272 Å². The quantitative estimate of drug-likeness (QED) is 0.242. The van der Waals surface area contributed by atoms with Crippen LogP contribution in [0, 0.1) is 12.8 Å². The Morgan fingerprint density at radius 1 is 1.07 bits per heavy atom. The van der Waals surface area contributed by atoms with E-state index in [1.54, 1.807) is 13.8 Å². The van der Waals surface area contributed by atoms with Gasteiger partial charge in [-0.05, 0) is 55.4 Å². The predicted octanol–water partition coefficient (Wildman–Crippen LogP) is 2.94. The molecule has 4 amide bonds. The minimum Gasteiger partial charge on any atom is -0.361 e. The average Bonchev–Trinajstić information content (AvgIpc) is 3.38. The molecule has 3 aromatic rings. The summed E-state index contributed by atoms with van der Waals surface area (Å²) in [5, 5.41) is 11.2. The summed E-state index contributed by atoms with van der Waals surface area (Å²) >= 11 is 1.23. The zero-order chi connectivity index (χ0) is 33.0. The molecule has 11 nitrogen and oxygen atoms in total. The second-order valence-electron chi connectivity index (χ2n) is 12.7. The molecule has 3 N–H and O–H groups in total. The third-order valence-corrected chi connectivity index (χ3v) is 9.36. The van der Waals surface area contributed by atoms with Crippen LogP contribution in [0.25, 0.3) is 10.8 Å². The minimum absolute atomic E-state index is 0.129. The topological polar surface area (TPSA) is 150 Å². The number of aryl methyl sites for hydroxylation is 1. The monoisotopic (exact) mass is 647 g/mol. The molecule has 12 heteroatoms. The van der Waals surface area contributed by atoms with Gasteiger partial charge in [0, 0.05) is 13.0 Å². The number of epoxide rings is 1. The average molecular weight is 648 g/mol. The molecule has 4 atom stereocenters. The fourth-order valence-corrected chi connectivity index (χ4v) is 6.52. The van der Waals surface area contributed by atoms with Crippen molar-refractivity contribution < 1.29 is 28.7 Å². The summed E-state index contributed by atoms with van der Waals surface area (Å²) in [5.74, 6) is -1.78. The first-order valence-electron chi connectivity index (χ1n) is 15.7.